The first-order valence-electron chi connectivity index (χ1n) is 6.19. The summed E-state index contributed by atoms with van der Waals surface area (Å²) in [6, 6.07) is 11.3. The van der Waals surface area contributed by atoms with Crippen molar-refractivity contribution in [1.82, 2.24) is 0 Å². The Labute approximate surface area is 111 Å². The average molecular weight is 260 g/mol. The highest BCUT2D eigenvalue weighted by Crippen LogP contribution is 2.07. The second-order valence-corrected chi connectivity index (χ2v) is 4.17. The topological polar surface area (TPSA) is 59.7 Å². The van der Waals surface area contributed by atoms with E-state index in [0.29, 0.717) is 6.61 Å². The van der Waals surface area contributed by atoms with E-state index in [2.05, 4.69) is 12.1 Å². The third-order valence-electron chi connectivity index (χ3n) is 2.72. The van der Waals surface area contributed by atoms with E-state index in [1.165, 1.54) is 17.9 Å². The van der Waals surface area contributed by atoms with Gasteiger partial charge in [0, 0.05) is 6.07 Å². The first-order valence-corrected chi connectivity index (χ1v) is 6.19. The van der Waals surface area contributed by atoms with Gasteiger partial charge < -0.3 is 14.3 Å². The lowest BCUT2D eigenvalue weighted by molar-refractivity contribution is 0.237. The summed E-state index contributed by atoms with van der Waals surface area (Å²) < 4.78 is 10.4. The maximum Gasteiger partial charge on any atom is 0.227 e. The van der Waals surface area contributed by atoms with Crippen molar-refractivity contribution in [2.75, 3.05) is 6.61 Å². The molecule has 0 aliphatic heterocycles. The summed E-state index contributed by atoms with van der Waals surface area (Å²) in [5, 5.41) is 8.82. The van der Waals surface area contributed by atoms with E-state index in [1.807, 2.05) is 18.2 Å². The minimum absolute atomic E-state index is 0.185. The van der Waals surface area contributed by atoms with Crippen molar-refractivity contribution in [3.8, 4) is 5.75 Å². The van der Waals surface area contributed by atoms with Gasteiger partial charge in [-0.15, -0.1) is 0 Å². The predicted molar refractivity (Wildman–Crippen MR) is 71.2 cm³/mol. The quantitative estimate of drug-likeness (QED) is 0.808. The summed E-state index contributed by atoms with van der Waals surface area (Å²) >= 11 is 0. The van der Waals surface area contributed by atoms with E-state index in [9.17, 15) is 4.79 Å². The summed E-state index contributed by atoms with van der Waals surface area (Å²) in [5.74, 6) is 0.423. The molecule has 1 N–H and O–H groups in total. The molecular formula is C15H16O4. The van der Waals surface area contributed by atoms with Crippen LogP contribution in [0.4, 0.5) is 0 Å². The smallest absolute Gasteiger partial charge is 0.227 e. The van der Waals surface area contributed by atoms with Crippen LogP contribution in [-0.4, -0.2) is 11.7 Å². The Morgan fingerprint density at radius 3 is 2.68 bits per heavy atom. The molecule has 19 heavy (non-hydrogen) atoms. The fraction of sp³-hybridized carbons (Fsp3) is 0.267. The molecule has 1 heterocycles. The van der Waals surface area contributed by atoms with E-state index in [0.717, 1.165) is 12.8 Å². The van der Waals surface area contributed by atoms with Crippen molar-refractivity contribution < 1.29 is 14.3 Å². The fourth-order valence-corrected chi connectivity index (χ4v) is 1.73. The largest absolute Gasteiger partial charge is 0.487 e. The van der Waals surface area contributed by atoms with E-state index in [1.54, 1.807) is 0 Å². The number of aliphatic hydroxyl groups excluding tert-OH is 1. The van der Waals surface area contributed by atoms with Crippen LogP contribution in [0.1, 0.15) is 17.7 Å². The highest BCUT2D eigenvalue weighted by Gasteiger charge is 2.03. The summed E-state index contributed by atoms with van der Waals surface area (Å²) in [7, 11) is 0. The molecule has 2 rings (SSSR count). The molecule has 2 aromatic rings. The molecule has 0 atom stereocenters. The van der Waals surface area contributed by atoms with Gasteiger partial charge >= 0.3 is 0 Å². The van der Waals surface area contributed by atoms with Crippen LogP contribution < -0.4 is 10.2 Å². The Morgan fingerprint density at radius 1 is 1.21 bits per heavy atom. The average Bonchev–Trinajstić information content (AvgIpc) is 2.46. The first kappa shape index (κ1) is 13.4. The lowest BCUT2D eigenvalue weighted by Gasteiger charge is -2.05. The number of hydrogen-bond acceptors (Lipinski definition) is 4. The van der Waals surface area contributed by atoms with E-state index >= 15 is 0 Å². The van der Waals surface area contributed by atoms with Gasteiger partial charge in [0.2, 0.25) is 11.2 Å². The van der Waals surface area contributed by atoms with Gasteiger partial charge in [-0.05, 0) is 18.4 Å². The van der Waals surface area contributed by atoms with Gasteiger partial charge in [-0.3, -0.25) is 4.79 Å². The second-order valence-electron chi connectivity index (χ2n) is 4.17. The molecule has 1 aromatic carbocycles. The third kappa shape index (κ3) is 3.96. The van der Waals surface area contributed by atoms with Crippen molar-refractivity contribution in [3.63, 3.8) is 0 Å². The van der Waals surface area contributed by atoms with Gasteiger partial charge in [0.25, 0.3) is 0 Å². The van der Waals surface area contributed by atoms with Crippen LogP contribution in [0.25, 0.3) is 0 Å². The van der Waals surface area contributed by atoms with Crippen molar-refractivity contribution in [2.24, 2.45) is 0 Å². The molecule has 0 saturated heterocycles. The highest BCUT2D eigenvalue weighted by molar-refractivity contribution is 5.17. The van der Waals surface area contributed by atoms with Crippen molar-refractivity contribution >= 4 is 0 Å². The van der Waals surface area contributed by atoms with Crippen LogP contribution >= 0.6 is 0 Å². The second kappa shape index (κ2) is 6.75. The number of ether oxygens (including phenoxy) is 1. The predicted octanol–water partition coefficient (Wildman–Crippen LogP) is 2.14. The van der Waals surface area contributed by atoms with Gasteiger partial charge in [-0.25, -0.2) is 0 Å². The highest BCUT2D eigenvalue weighted by atomic mass is 16.5. The monoisotopic (exact) mass is 260 g/mol. The third-order valence-corrected chi connectivity index (χ3v) is 2.72. The Bertz CT molecular complexity index is 560. The van der Waals surface area contributed by atoms with Crippen LogP contribution in [0.15, 0.2) is 51.9 Å². The molecule has 100 valence electrons. The SMILES string of the molecule is O=c1cc(CO)occ1OCCCc1ccccc1. The molecular weight excluding hydrogens is 244 g/mol. The molecule has 0 aliphatic rings. The van der Waals surface area contributed by atoms with E-state index in [4.69, 9.17) is 14.3 Å². The zero-order valence-corrected chi connectivity index (χ0v) is 10.5. The number of aryl methyl sites for hydroxylation is 1. The standard InChI is InChI=1S/C15H16O4/c16-10-13-9-14(17)15(11-19-13)18-8-4-7-12-5-2-1-3-6-12/h1-3,5-6,9,11,16H,4,7-8,10H2. The number of benzene rings is 1. The van der Waals surface area contributed by atoms with Crippen molar-refractivity contribution in [2.45, 2.75) is 19.4 Å². The molecule has 0 radical (unpaired) electrons. The lowest BCUT2D eigenvalue weighted by atomic mass is 10.1. The van der Waals surface area contributed by atoms with Gasteiger partial charge in [0.1, 0.15) is 18.6 Å². The van der Waals surface area contributed by atoms with Crippen molar-refractivity contribution in [1.29, 1.82) is 0 Å². The number of hydrogen-bond donors (Lipinski definition) is 1. The zero-order valence-electron chi connectivity index (χ0n) is 10.5. The molecule has 4 heteroatoms. The molecule has 0 amide bonds. The van der Waals surface area contributed by atoms with Gasteiger partial charge in [-0.1, -0.05) is 30.3 Å². The van der Waals surface area contributed by atoms with Gasteiger partial charge in [0.05, 0.1) is 6.61 Å². The Balaban J connectivity index is 1.81. The van der Waals surface area contributed by atoms with Crippen LogP contribution in [0.3, 0.4) is 0 Å². The summed E-state index contributed by atoms with van der Waals surface area (Å²) in [6.45, 7) is 0.168. The lowest BCUT2D eigenvalue weighted by Crippen LogP contribution is -2.09. The molecule has 4 nitrogen and oxygen atoms in total. The maximum atomic E-state index is 11.6. The molecule has 0 unspecified atom stereocenters. The summed E-state index contributed by atoms with van der Waals surface area (Å²) in [4.78, 5) is 11.6. The molecule has 0 saturated carbocycles. The molecule has 0 fully saturated rings. The minimum atomic E-state index is -0.288. The van der Waals surface area contributed by atoms with Crippen LogP contribution in [-0.2, 0) is 13.0 Å². The van der Waals surface area contributed by atoms with E-state index < -0.39 is 0 Å². The Hall–Kier alpha value is -2.07. The maximum absolute atomic E-state index is 11.6. The number of rotatable bonds is 6. The molecule has 0 aliphatic carbocycles. The summed E-state index contributed by atoms with van der Waals surface area (Å²) in [6.07, 6.45) is 2.97. The Kier molecular flexibility index (Phi) is 4.75. The normalized spacial score (nSPS) is 10.4. The molecule has 1 aromatic heterocycles. The van der Waals surface area contributed by atoms with E-state index in [-0.39, 0.29) is 23.5 Å². The number of aliphatic hydroxyl groups is 1. The summed E-state index contributed by atoms with van der Waals surface area (Å²) in [5.41, 5.74) is 0.976. The van der Waals surface area contributed by atoms with Gasteiger partial charge in [0.15, 0.2) is 0 Å². The molecule has 0 spiro atoms. The van der Waals surface area contributed by atoms with Crippen LogP contribution in [0.2, 0.25) is 0 Å². The van der Waals surface area contributed by atoms with Crippen LogP contribution in [0.5, 0.6) is 5.75 Å². The van der Waals surface area contributed by atoms with Gasteiger partial charge in [-0.2, -0.15) is 0 Å². The van der Waals surface area contributed by atoms with Crippen LogP contribution in [0, 0.1) is 0 Å². The fourth-order valence-electron chi connectivity index (χ4n) is 1.73. The zero-order chi connectivity index (χ0) is 13.5. The Morgan fingerprint density at radius 2 is 2.00 bits per heavy atom. The first-order chi connectivity index (χ1) is 9.29. The minimum Gasteiger partial charge on any atom is -0.487 e. The molecule has 0 bridgehead atoms. The van der Waals surface area contributed by atoms with Crippen molar-refractivity contribution in [3.05, 3.63) is 64.2 Å².